The average molecular weight is 247 g/mol. The van der Waals surface area contributed by atoms with Crippen molar-refractivity contribution in [1.82, 2.24) is 24.7 Å². The summed E-state index contributed by atoms with van der Waals surface area (Å²) in [6.45, 7) is 0.632. The normalized spacial score (nSPS) is 14.5. The molecule has 3 N–H and O–H groups in total. The summed E-state index contributed by atoms with van der Waals surface area (Å²) in [4.78, 5) is 12.3. The standard InChI is InChI=1S/C10H13N7O/c11-16-8-13-9(17-5-1-4-12-17)15-10(14-8)18-6-7-2-3-7/h1,4-5,7H,2-3,6,11H2,(H,13,14,15,16). The highest BCUT2D eigenvalue weighted by Crippen LogP contribution is 2.29. The van der Waals surface area contributed by atoms with Gasteiger partial charge < -0.3 is 4.74 Å². The minimum absolute atomic E-state index is 0.251. The van der Waals surface area contributed by atoms with Gasteiger partial charge in [0.25, 0.3) is 5.95 Å². The molecule has 18 heavy (non-hydrogen) atoms. The van der Waals surface area contributed by atoms with E-state index in [9.17, 15) is 0 Å². The summed E-state index contributed by atoms with van der Waals surface area (Å²) < 4.78 is 7.03. The molecule has 2 aromatic heterocycles. The van der Waals surface area contributed by atoms with E-state index < -0.39 is 0 Å². The highest BCUT2D eigenvalue weighted by atomic mass is 16.5. The fourth-order valence-electron chi connectivity index (χ4n) is 1.44. The van der Waals surface area contributed by atoms with Crippen molar-refractivity contribution in [3.05, 3.63) is 18.5 Å². The molecule has 0 bridgehead atoms. The van der Waals surface area contributed by atoms with Crippen LogP contribution in [0.4, 0.5) is 5.95 Å². The van der Waals surface area contributed by atoms with Gasteiger partial charge in [0.2, 0.25) is 5.95 Å². The summed E-state index contributed by atoms with van der Waals surface area (Å²) in [6, 6.07) is 2.04. The first-order chi connectivity index (χ1) is 8.85. The molecule has 2 heterocycles. The highest BCUT2D eigenvalue weighted by molar-refractivity contribution is 5.28. The van der Waals surface area contributed by atoms with Gasteiger partial charge in [-0.3, -0.25) is 5.43 Å². The van der Waals surface area contributed by atoms with Gasteiger partial charge in [0.15, 0.2) is 0 Å². The third-order valence-electron chi connectivity index (χ3n) is 2.59. The zero-order chi connectivity index (χ0) is 12.4. The maximum Gasteiger partial charge on any atom is 0.323 e. The van der Waals surface area contributed by atoms with E-state index in [1.165, 1.54) is 17.5 Å². The number of nitrogen functional groups attached to an aromatic ring is 1. The molecule has 0 unspecified atom stereocenters. The van der Waals surface area contributed by atoms with Crippen LogP contribution in [-0.4, -0.2) is 31.3 Å². The Kier molecular flexibility index (Phi) is 2.77. The van der Waals surface area contributed by atoms with Crippen LogP contribution in [0.5, 0.6) is 6.01 Å². The van der Waals surface area contributed by atoms with Gasteiger partial charge in [0, 0.05) is 12.4 Å². The van der Waals surface area contributed by atoms with Crippen LogP contribution in [0.1, 0.15) is 12.8 Å². The molecule has 0 aromatic carbocycles. The average Bonchev–Trinajstić information content (AvgIpc) is 3.07. The second-order valence-electron chi connectivity index (χ2n) is 4.09. The number of nitrogens with one attached hydrogen (secondary N) is 1. The topological polar surface area (TPSA) is 104 Å². The van der Waals surface area contributed by atoms with Gasteiger partial charge in [-0.25, -0.2) is 10.5 Å². The largest absolute Gasteiger partial charge is 0.463 e. The zero-order valence-corrected chi connectivity index (χ0v) is 9.65. The summed E-state index contributed by atoms with van der Waals surface area (Å²) in [5, 5.41) is 4.05. The van der Waals surface area contributed by atoms with Crippen molar-refractivity contribution in [3.63, 3.8) is 0 Å². The van der Waals surface area contributed by atoms with Crippen LogP contribution in [0.2, 0.25) is 0 Å². The lowest BCUT2D eigenvalue weighted by molar-refractivity contribution is 0.275. The quantitative estimate of drug-likeness (QED) is 0.571. The number of nitrogens with zero attached hydrogens (tertiary/aromatic N) is 5. The van der Waals surface area contributed by atoms with Gasteiger partial charge >= 0.3 is 6.01 Å². The SMILES string of the molecule is NNc1nc(OCC2CC2)nc(-n2cccn2)n1. The minimum Gasteiger partial charge on any atom is -0.463 e. The van der Waals surface area contributed by atoms with Crippen molar-refractivity contribution in [2.75, 3.05) is 12.0 Å². The van der Waals surface area contributed by atoms with Crippen LogP contribution in [0.3, 0.4) is 0 Å². The maximum absolute atomic E-state index is 5.51. The molecule has 0 saturated heterocycles. The van der Waals surface area contributed by atoms with Crippen LogP contribution in [0.15, 0.2) is 18.5 Å². The lowest BCUT2D eigenvalue weighted by Crippen LogP contribution is -2.15. The first-order valence-corrected chi connectivity index (χ1v) is 5.70. The van der Waals surface area contributed by atoms with E-state index in [2.05, 4.69) is 25.5 Å². The molecule has 1 aliphatic carbocycles. The molecule has 0 atom stereocenters. The minimum atomic E-state index is 0.251. The van der Waals surface area contributed by atoms with Crippen molar-refractivity contribution in [1.29, 1.82) is 0 Å². The van der Waals surface area contributed by atoms with Crippen LogP contribution in [0.25, 0.3) is 5.95 Å². The second kappa shape index (κ2) is 4.57. The van der Waals surface area contributed by atoms with Crippen LogP contribution in [-0.2, 0) is 0 Å². The molecule has 1 aliphatic rings. The van der Waals surface area contributed by atoms with E-state index in [4.69, 9.17) is 10.6 Å². The number of aromatic nitrogens is 5. The third-order valence-corrected chi connectivity index (χ3v) is 2.59. The molecular weight excluding hydrogens is 234 g/mol. The van der Waals surface area contributed by atoms with E-state index in [1.807, 2.05) is 0 Å². The first-order valence-electron chi connectivity index (χ1n) is 5.70. The van der Waals surface area contributed by atoms with Crippen LogP contribution in [0, 0.1) is 5.92 Å². The lowest BCUT2D eigenvalue weighted by atomic mass is 10.5. The van der Waals surface area contributed by atoms with Crippen LogP contribution >= 0.6 is 0 Å². The first kappa shape index (κ1) is 10.9. The highest BCUT2D eigenvalue weighted by Gasteiger charge is 2.22. The Hall–Kier alpha value is -2.22. The molecule has 0 radical (unpaired) electrons. The van der Waals surface area contributed by atoms with Crippen molar-refractivity contribution in [2.45, 2.75) is 12.8 Å². The Labute approximate surface area is 103 Å². The third kappa shape index (κ3) is 2.38. The Bertz CT molecular complexity index is 523. The molecule has 0 amide bonds. The van der Waals surface area contributed by atoms with Gasteiger partial charge in [0.1, 0.15) is 0 Å². The van der Waals surface area contributed by atoms with E-state index in [0.717, 1.165) is 0 Å². The number of ether oxygens (including phenoxy) is 1. The number of hydrazine groups is 1. The molecular formula is C10H13N7O. The molecule has 8 nitrogen and oxygen atoms in total. The molecule has 1 fully saturated rings. The maximum atomic E-state index is 5.51. The monoisotopic (exact) mass is 247 g/mol. The predicted octanol–water partition coefficient (Wildman–Crippen LogP) is 0.132. The van der Waals surface area contributed by atoms with Gasteiger partial charge in [-0.1, -0.05) is 0 Å². The molecule has 0 aliphatic heterocycles. The van der Waals surface area contributed by atoms with Crippen molar-refractivity contribution < 1.29 is 4.74 Å². The van der Waals surface area contributed by atoms with Gasteiger partial charge in [0.05, 0.1) is 6.61 Å². The summed E-state index contributed by atoms with van der Waals surface area (Å²) >= 11 is 0. The smallest absolute Gasteiger partial charge is 0.323 e. The Morgan fingerprint density at radius 2 is 2.28 bits per heavy atom. The van der Waals surface area contributed by atoms with E-state index in [0.29, 0.717) is 18.5 Å². The number of anilines is 1. The zero-order valence-electron chi connectivity index (χ0n) is 9.65. The summed E-state index contributed by atoms with van der Waals surface area (Å²) in [5.74, 6) is 6.57. The molecule has 0 spiro atoms. The molecule has 8 heteroatoms. The molecule has 3 rings (SSSR count). The number of hydrogen-bond acceptors (Lipinski definition) is 7. The molecule has 2 aromatic rings. The van der Waals surface area contributed by atoms with Gasteiger partial charge in [-0.05, 0) is 24.8 Å². The summed E-state index contributed by atoms with van der Waals surface area (Å²) in [6.07, 6.45) is 5.79. The Balaban J connectivity index is 1.85. The number of nitrogens with two attached hydrogens (primary N) is 1. The summed E-state index contributed by atoms with van der Waals surface area (Å²) in [7, 11) is 0. The number of hydrogen-bond donors (Lipinski definition) is 2. The van der Waals surface area contributed by atoms with E-state index in [1.54, 1.807) is 18.5 Å². The van der Waals surface area contributed by atoms with Crippen molar-refractivity contribution in [2.24, 2.45) is 11.8 Å². The molecule has 1 saturated carbocycles. The van der Waals surface area contributed by atoms with Gasteiger partial charge in [-0.15, -0.1) is 0 Å². The van der Waals surface area contributed by atoms with E-state index in [-0.39, 0.29) is 12.0 Å². The van der Waals surface area contributed by atoms with Crippen LogP contribution < -0.4 is 16.0 Å². The fourth-order valence-corrected chi connectivity index (χ4v) is 1.44. The van der Waals surface area contributed by atoms with Gasteiger partial charge in [-0.2, -0.15) is 20.1 Å². The Morgan fingerprint density at radius 1 is 1.39 bits per heavy atom. The summed E-state index contributed by atoms with van der Waals surface area (Å²) in [5.41, 5.74) is 2.39. The fraction of sp³-hybridized carbons (Fsp3) is 0.400. The lowest BCUT2D eigenvalue weighted by Gasteiger charge is -2.07. The van der Waals surface area contributed by atoms with Crippen molar-refractivity contribution in [3.8, 4) is 12.0 Å². The van der Waals surface area contributed by atoms with E-state index >= 15 is 0 Å². The molecule has 94 valence electrons. The van der Waals surface area contributed by atoms with Crippen molar-refractivity contribution >= 4 is 5.95 Å². The Morgan fingerprint density at radius 3 is 2.94 bits per heavy atom. The second-order valence-corrected chi connectivity index (χ2v) is 4.09. The predicted molar refractivity (Wildman–Crippen MR) is 63.0 cm³/mol. The number of rotatable bonds is 5.